The molecule has 0 bridgehead atoms. The molecule has 0 saturated heterocycles. The van der Waals surface area contributed by atoms with Gasteiger partial charge in [-0.1, -0.05) is 13.8 Å². The SMILES string of the molecule is CC(C)c1ccc2c(N)c(C(=O)c3c(=O)o[nH][n+]3-c3ccc(OC(F)(F)F)cc3)sc2n1. The highest BCUT2D eigenvalue weighted by molar-refractivity contribution is 7.21. The molecule has 32 heavy (non-hydrogen) atoms. The van der Waals surface area contributed by atoms with Gasteiger partial charge in [-0.3, -0.25) is 9.32 Å². The molecule has 12 heteroatoms. The number of aromatic amines is 1. The average molecular weight is 465 g/mol. The molecular weight excluding hydrogens is 449 g/mol. The lowest BCUT2D eigenvalue weighted by Crippen LogP contribution is -2.41. The van der Waals surface area contributed by atoms with Gasteiger partial charge in [0.25, 0.3) is 5.78 Å². The van der Waals surface area contributed by atoms with Gasteiger partial charge in [-0.05, 0) is 40.1 Å². The van der Waals surface area contributed by atoms with Crippen molar-refractivity contribution < 1.29 is 31.9 Å². The van der Waals surface area contributed by atoms with Gasteiger partial charge < -0.3 is 10.5 Å². The predicted octanol–water partition coefficient (Wildman–Crippen LogP) is 3.69. The van der Waals surface area contributed by atoms with Crippen molar-refractivity contribution in [3.05, 3.63) is 63.1 Å². The summed E-state index contributed by atoms with van der Waals surface area (Å²) in [7, 11) is 0. The second-order valence-corrected chi connectivity index (χ2v) is 8.12. The van der Waals surface area contributed by atoms with E-state index in [1.165, 1.54) is 12.1 Å². The molecule has 0 spiro atoms. The maximum atomic E-state index is 13.2. The van der Waals surface area contributed by atoms with Crippen molar-refractivity contribution in [3.63, 3.8) is 0 Å². The van der Waals surface area contributed by atoms with Gasteiger partial charge in [0.05, 0.1) is 5.69 Å². The summed E-state index contributed by atoms with van der Waals surface area (Å²) in [5.41, 5.74) is 6.00. The van der Waals surface area contributed by atoms with Gasteiger partial charge in [0.15, 0.2) is 0 Å². The molecule has 0 atom stereocenters. The Labute approximate surface area is 182 Å². The molecule has 3 heterocycles. The predicted molar refractivity (Wildman–Crippen MR) is 109 cm³/mol. The zero-order valence-corrected chi connectivity index (χ0v) is 17.5. The maximum Gasteiger partial charge on any atom is 0.573 e. The number of halogens is 3. The highest BCUT2D eigenvalue weighted by Crippen LogP contribution is 2.34. The molecule has 3 aromatic heterocycles. The fourth-order valence-electron chi connectivity index (χ4n) is 3.05. The van der Waals surface area contributed by atoms with Crippen LogP contribution < -0.4 is 20.8 Å². The lowest BCUT2D eigenvalue weighted by Gasteiger charge is -2.07. The van der Waals surface area contributed by atoms with Gasteiger partial charge in [-0.25, -0.2) is 9.78 Å². The summed E-state index contributed by atoms with van der Waals surface area (Å²) < 4.78 is 46.7. The number of pyridine rings is 1. The number of fused-ring (bicyclic) bond motifs is 1. The van der Waals surface area contributed by atoms with E-state index in [0.29, 0.717) is 10.2 Å². The Balaban J connectivity index is 1.74. The molecule has 4 aromatic rings. The average Bonchev–Trinajstić information content (AvgIpc) is 3.27. The van der Waals surface area contributed by atoms with Gasteiger partial charge in [0, 0.05) is 23.2 Å². The van der Waals surface area contributed by atoms with E-state index in [9.17, 15) is 22.8 Å². The van der Waals surface area contributed by atoms with Crippen molar-refractivity contribution in [2.75, 3.05) is 5.73 Å². The highest BCUT2D eigenvalue weighted by Gasteiger charge is 2.35. The number of hydrogen-bond donors (Lipinski definition) is 2. The summed E-state index contributed by atoms with van der Waals surface area (Å²) in [6.07, 6.45) is -4.85. The summed E-state index contributed by atoms with van der Waals surface area (Å²) in [6.45, 7) is 3.96. The van der Waals surface area contributed by atoms with Crippen LogP contribution in [0.3, 0.4) is 0 Å². The molecule has 3 N–H and O–H groups in total. The number of carbonyl (C=O) groups excluding carboxylic acids is 1. The minimum Gasteiger partial charge on any atom is -0.406 e. The van der Waals surface area contributed by atoms with Crippen LogP contribution in [0.25, 0.3) is 15.9 Å². The Morgan fingerprint density at radius 3 is 2.53 bits per heavy atom. The zero-order valence-electron chi connectivity index (χ0n) is 16.7. The number of ketones is 1. The summed E-state index contributed by atoms with van der Waals surface area (Å²) in [4.78, 5) is 30.7. The van der Waals surface area contributed by atoms with Crippen molar-refractivity contribution >= 4 is 33.0 Å². The number of carbonyl (C=O) groups is 1. The minimum absolute atomic E-state index is 0.103. The molecule has 0 amide bonds. The second-order valence-electron chi connectivity index (χ2n) is 7.12. The van der Waals surface area contributed by atoms with E-state index in [-0.39, 0.29) is 22.2 Å². The summed E-state index contributed by atoms with van der Waals surface area (Å²) in [5, 5.41) is 2.87. The monoisotopic (exact) mass is 465 g/mol. The van der Waals surface area contributed by atoms with Crippen molar-refractivity contribution in [1.82, 2.24) is 10.3 Å². The topological polar surface area (TPSA) is 115 Å². The fraction of sp³-hybridized carbons (Fsp3) is 0.200. The number of anilines is 1. The van der Waals surface area contributed by atoms with Crippen LogP contribution in [-0.2, 0) is 0 Å². The number of thiophene rings is 1. The lowest BCUT2D eigenvalue weighted by atomic mass is 10.1. The third kappa shape index (κ3) is 3.96. The molecule has 4 rings (SSSR count). The van der Waals surface area contributed by atoms with Crippen LogP contribution in [0.15, 0.2) is 45.7 Å². The van der Waals surface area contributed by atoms with Gasteiger partial charge in [0.1, 0.15) is 15.5 Å². The highest BCUT2D eigenvalue weighted by atomic mass is 32.1. The number of benzene rings is 1. The number of nitrogens with zero attached hydrogens (tertiary/aromatic N) is 2. The Hall–Kier alpha value is -3.67. The van der Waals surface area contributed by atoms with Crippen LogP contribution in [0.5, 0.6) is 5.75 Å². The van der Waals surface area contributed by atoms with Crippen molar-refractivity contribution in [1.29, 1.82) is 0 Å². The van der Waals surface area contributed by atoms with E-state index in [2.05, 4.69) is 15.0 Å². The van der Waals surface area contributed by atoms with Crippen LogP contribution in [0.4, 0.5) is 18.9 Å². The molecule has 0 saturated carbocycles. The number of nitrogen functional groups attached to an aromatic ring is 1. The first-order chi connectivity index (χ1) is 15.0. The summed E-state index contributed by atoms with van der Waals surface area (Å²) in [5.74, 6) is -0.992. The number of aromatic nitrogens is 3. The Morgan fingerprint density at radius 2 is 1.91 bits per heavy atom. The Morgan fingerprint density at radius 1 is 1.22 bits per heavy atom. The normalized spacial score (nSPS) is 11.9. The summed E-state index contributed by atoms with van der Waals surface area (Å²) in [6, 6.07) is 8.14. The largest absolute Gasteiger partial charge is 0.573 e. The molecule has 0 aliphatic carbocycles. The standard InChI is InChI=1S/C20H15F3N4O4S/c1-9(2)13-8-7-12-14(24)17(32-18(12)25-13)16(28)15-19(29)31-26-27(15)10-3-5-11(6-4-10)30-20(21,22)23/h3-9H,1-2H3,(H2-,24,26,28,29)/p+1. The third-order valence-corrected chi connectivity index (χ3v) is 5.72. The smallest absolute Gasteiger partial charge is 0.406 e. The first kappa shape index (κ1) is 21.6. The molecule has 0 radical (unpaired) electrons. The van der Waals surface area contributed by atoms with Crippen LogP contribution in [-0.4, -0.2) is 22.4 Å². The fourth-order valence-corrected chi connectivity index (χ4v) is 4.10. The molecule has 0 aliphatic rings. The lowest BCUT2D eigenvalue weighted by molar-refractivity contribution is -0.672. The third-order valence-electron chi connectivity index (χ3n) is 4.60. The minimum atomic E-state index is -4.85. The van der Waals surface area contributed by atoms with E-state index in [1.54, 1.807) is 6.07 Å². The maximum absolute atomic E-state index is 13.2. The van der Waals surface area contributed by atoms with Crippen LogP contribution in [0, 0.1) is 0 Å². The van der Waals surface area contributed by atoms with Crippen molar-refractivity contribution in [2.24, 2.45) is 0 Å². The molecule has 0 unspecified atom stereocenters. The van der Waals surface area contributed by atoms with E-state index >= 15 is 0 Å². The molecular formula is C20H16F3N4O4S+. The zero-order chi connectivity index (χ0) is 23.2. The number of nitrogens with two attached hydrogens (primary N) is 1. The van der Waals surface area contributed by atoms with Crippen LogP contribution >= 0.6 is 11.3 Å². The first-order valence-corrected chi connectivity index (χ1v) is 10.1. The van der Waals surface area contributed by atoms with Gasteiger partial charge in [-0.15, -0.1) is 24.5 Å². The number of alkyl halides is 3. The van der Waals surface area contributed by atoms with Gasteiger partial charge in [-0.2, -0.15) is 0 Å². The second kappa shape index (κ2) is 7.79. The van der Waals surface area contributed by atoms with E-state index < -0.39 is 29.2 Å². The molecule has 1 aromatic carbocycles. The number of rotatable bonds is 5. The van der Waals surface area contributed by atoms with Crippen molar-refractivity contribution in [3.8, 4) is 11.4 Å². The summed E-state index contributed by atoms with van der Waals surface area (Å²) >= 11 is 1.04. The Bertz CT molecular complexity index is 1370. The number of nitrogens with one attached hydrogen (secondary N) is 1. The molecule has 166 valence electrons. The molecule has 8 nitrogen and oxygen atoms in total. The van der Waals surface area contributed by atoms with E-state index in [1.807, 2.05) is 19.9 Å². The van der Waals surface area contributed by atoms with Gasteiger partial charge >= 0.3 is 17.7 Å². The van der Waals surface area contributed by atoms with E-state index in [4.69, 9.17) is 10.3 Å². The quantitative estimate of drug-likeness (QED) is 0.343. The molecule has 0 aliphatic heterocycles. The number of ether oxygens (including phenoxy) is 1. The van der Waals surface area contributed by atoms with Crippen LogP contribution in [0.2, 0.25) is 0 Å². The molecule has 0 fully saturated rings. The first-order valence-electron chi connectivity index (χ1n) is 9.28. The van der Waals surface area contributed by atoms with Crippen molar-refractivity contribution in [2.45, 2.75) is 26.1 Å². The van der Waals surface area contributed by atoms with Gasteiger partial charge in [0.2, 0.25) is 5.69 Å². The Kier molecular flexibility index (Phi) is 5.25. The number of H-pyrrole nitrogens is 1. The number of hydrogen-bond acceptors (Lipinski definition) is 7. The van der Waals surface area contributed by atoms with Crippen LogP contribution in [0.1, 0.15) is 40.8 Å². The van der Waals surface area contributed by atoms with E-state index in [0.717, 1.165) is 33.8 Å².